The zero-order valence-electron chi connectivity index (χ0n) is 13.7. The number of likely N-dealkylation sites (N-methyl/N-ethyl adjacent to an activating group) is 1. The second kappa shape index (κ2) is 6.88. The number of carbonyl (C=O) groups excluding carboxylic acids is 1. The highest BCUT2D eigenvalue weighted by Gasteiger charge is 2.15. The number of nitrogens with one attached hydrogen (secondary N) is 1. The predicted molar refractivity (Wildman–Crippen MR) is 91.9 cm³/mol. The molecule has 0 aliphatic heterocycles. The zero-order valence-corrected chi connectivity index (χ0v) is 15.3. The number of nitrogens with zero attached hydrogens (tertiary/aromatic N) is 4. The lowest BCUT2D eigenvalue weighted by molar-refractivity contribution is -0.116. The van der Waals surface area contributed by atoms with Gasteiger partial charge in [0.15, 0.2) is 5.82 Å². The van der Waals surface area contributed by atoms with Crippen LogP contribution in [0.5, 0.6) is 0 Å². The molecule has 0 saturated heterocycles. The lowest BCUT2D eigenvalue weighted by atomic mass is 10.3. The number of halogens is 1. The molecule has 0 aliphatic rings. The summed E-state index contributed by atoms with van der Waals surface area (Å²) in [5.74, 6) is 0.111. The van der Waals surface area contributed by atoms with Crippen LogP contribution in [0.15, 0.2) is 18.3 Å². The maximum Gasteiger partial charge on any atom is 0.239 e. The summed E-state index contributed by atoms with van der Waals surface area (Å²) in [6.07, 6.45) is 2.51. The highest BCUT2D eigenvalue weighted by atomic mass is 35.5. The van der Waals surface area contributed by atoms with Gasteiger partial charge in [0.1, 0.15) is 0 Å². The largest absolute Gasteiger partial charge is 0.324 e. The Kier molecular flexibility index (Phi) is 5.26. The van der Waals surface area contributed by atoms with E-state index in [2.05, 4.69) is 15.4 Å². The first-order valence-electron chi connectivity index (χ1n) is 6.99. The van der Waals surface area contributed by atoms with Crippen molar-refractivity contribution < 1.29 is 13.2 Å². The minimum Gasteiger partial charge on any atom is -0.324 e. The van der Waals surface area contributed by atoms with E-state index in [0.29, 0.717) is 22.2 Å². The molecule has 1 N–H and O–H groups in total. The van der Waals surface area contributed by atoms with Crippen molar-refractivity contribution in [2.45, 2.75) is 13.8 Å². The van der Waals surface area contributed by atoms with Gasteiger partial charge >= 0.3 is 0 Å². The van der Waals surface area contributed by atoms with E-state index in [9.17, 15) is 13.2 Å². The number of anilines is 1. The molecule has 2 aromatic rings. The summed E-state index contributed by atoms with van der Waals surface area (Å²) in [4.78, 5) is 16.1. The topological polar surface area (TPSA) is 97.2 Å². The third kappa shape index (κ3) is 4.11. The van der Waals surface area contributed by atoms with Crippen LogP contribution in [0, 0.1) is 13.8 Å². The molecule has 0 fully saturated rings. The van der Waals surface area contributed by atoms with Gasteiger partial charge in [-0.1, -0.05) is 11.6 Å². The molecule has 0 spiro atoms. The van der Waals surface area contributed by atoms with Gasteiger partial charge in [-0.25, -0.2) is 18.1 Å². The number of rotatable bonds is 5. The van der Waals surface area contributed by atoms with Gasteiger partial charge in [-0.3, -0.25) is 4.79 Å². The number of aryl methyl sites for hydroxylation is 1. The van der Waals surface area contributed by atoms with Gasteiger partial charge in [0.25, 0.3) is 0 Å². The summed E-state index contributed by atoms with van der Waals surface area (Å²) in [6, 6.07) is 3.34. The van der Waals surface area contributed by atoms with Gasteiger partial charge in [0.2, 0.25) is 15.9 Å². The Morgan fingerprint density at radius 1 is 1.38 bits per heavy atom. The molecule has 0 unspecified atom stereocenters. The summed E-state index contributed by atoms with van der Waals surface area (Å²) in [5, 5.41) is 7.47. The molecule has 0 saturated carbocycles. The summed E-state index contributed by atoms with van der Waals surface area (Å²) >= 11 is 6.11. The van der Waals surface area contributed by atoms with Crippen LogP contribution in [0.1, 0.15) is 11.4 Å². The first-order valence-corrected chi connectivity index (χ1v) is 9.21. The van der Waals surface area contributed by atoms with Crippen molar-refractivity contribution >= 4 is 33.2 Å². The second-order valence-corrected chi connectivity index (χ2v) is 7.84. The van der Waals surface area contributed by atoms with Crippen LogP contribution in [-0.2, 0) is 14.8 Å². The Bertz CT molecular complexity index is 861. The van der Waals surface area contributed by atoms with E-state index >= 15 is 0 Å². The maximum absolute atomic E-state index is 11.8. The van der Waals surface area contributed by atoms with E-state index in [1.807, 2.05) is 6.92 Å². The summed E-state index contributed by atoms with van der Waals surface area (Å²) in [7, 11) is -2.07. The van der Waals surface area contributed by atoms with Gasteiger partial charge in [0.05, 0.1) is 41.1 Å². The minimum atomic E-state index is -3.41. The lowest BCUT2D eigenvalue weighted by Crippen LogP contribution is -2.34. The van der Waals surface area contributed by atoms with Gasteiger partial charge in [0, 0.05) is 7.05 Å². The van der Waals surface area contributed by atoms with E-state index in [1.54, 1.807) is 23.7 Å². The Balaban J connectivity index is 2.10. The van der Waals surface area contributed by atoms with Crippen LogP contribution >= 0.6 is 11.6 Å². The summed E-state index contributed by atoms with van der Waals surface area (Å²) in [6.45, 7) is 3.37. The van der Waals surface area contributed by atoms with E-state index in [1.165, 1.54) is 13.2 Å². The number of amides is 1. The number of hydrogen-bond donors (Lipinski definition) is 1. The molecule has 0 bridgehead atoms. The average Bonchev–Trinajstić information content (AvgIpc) is 2.74. The standard InChI is InChI=1S/C14H18ClN5O3S/c1-9-14(15)10(2)20(18-9)12-6-5-11(7-16-12)17-13(21)8-19(3)24(4,22)23/h5-7H,8H2,1-4H3,(H,17,21). The van der Waals surface area contributed by atoms with Crippen LogP contribution in [-0.4, -0.2) is 53.2 Å². The SMILES string of the molecule is Cc1nn(-c2ccc(NC(=O)CN(C)S(C)(=O)=O)cn2)c(C)c1Cl. The molecule has 2 heterocycles. The van der Waals surface area contributed by atoms with Crippen molar-refractivity contribution in [3.05, 3.63) is 34.7 Å². The number of carbonyl (C=O) groups is 1. The fourth-order valence-electron chi connectivity index (χ4n) is 1.95. The van der Waals surface area contributed by atoms with Crippen LogP contribution in [0.2, 0.25) is 5.02 Å². The highest BCUT2D eigenvalue weighted by molar-refractivity contribution is 7.88. The summed E-state index contributed by atoms with van der Waals surface area (Å²) < 4.78 is 25.2. The lowest BCUT2D eigenvalue weighted by Gasteiger charge is -2.13. The summed E-state index contributed by atoms with van der Waals surface area (Å²) in [5.41, 5.74) is 1.93. The predicted octanol–water partition coefficient (Wildman–Crippen LogP) is 1.37. The van der Waals surface area contributed by atoms with Crippen molar-refractivity contribution in [2.24, 2.45) is 0 Å². The monoisotopic (exact) mass is 371 g/mol. The average molecular weight is 372 g/mol. The molecule has 24 heavy (non-hydrogen) atoms. The van der Waals surface area contributed by atoms with Gasteiger partial charge in [-0.2, -0.15) is 9.40 Å². The molecule has 0 atom stereocenters. The quantitative estimate of drug-likeness (QED) is 0.856. The molecular weight excluding hydrogens is 354 g/mol. The van der Waals surface area contributed by atoms with E-state index in [4.69, 9.17) is 11.6 Å². The van der Waals surface area contributed by atoms with Crippen LogP contribution in [0.25, 0.3) is 5.82 Å². The molecule has 2 rings (SSSR count). The molecular formula is C14H18ClN5O3S. The van der Waals surface area contributed by atoms with Crippen LogP contribution in [0.4, 0.5) is 5.69 Å². The third-order valence-corrected chi connectivity index (χ3v) is 5.19. The second-order valence-electron chi connectivity index (χ2n) is 5.37. The molecule has 130 valence electrons. The Hall–Kier alpha value is -1.97. The zero-order chi connectivity index (χ0) is 18.1. The Morgan fingerprint density at radius 2 is 2.04 bits per heavy atom. The van der Waals surface area contributed by atoms with Crippen molar-refractivity contribution in [1.82, 2.24) is 19.1 Å². The first kappa shape index (κ1) is 18.4. The van der Waals surface area contributed by atoms with Crippen LogP contribution < -0.4 is 5.32 Å². The van der Waals surface area contributed by atoms with E-state index in [0.717, 1.165) is 16.3 Å². The smallest absolute Gasteiger partial charge is 0.239 e. The fourth-order valence-corrected chi connectivity index (χ4v) is 2.42. The number of aromatic nitrogens is 3. The van der Waals surface area contributed by atoms with E-state index < -0.39 is 15.9 Å². The fraction of sp³-hybridized carbons (Fsp3) is 0.357. The number of pyridine rings is 1. The van der Waals surface area contributed by atoms with Crippen molar-refractivity contribution in [2.75, 3.05) is 25.2 Å². The third-order valence-electron chi connectivity index (χ3n) is 3.38. The van der Waals surface area contributed by atoms with Gasteiger partial charge in [-0.15, -0.1) is 0 Å². The maximum atomic E-state index is 11.8. The molecule has 0 aliphatic carbocycles. The number of sulfonamides is 1. The van der Waals surface area contributed by atoms with Crippen molar-refractivity contribution in [1.29, 1.82) is 0 Å². The normalized spacial score (nSPS) is 11.8. The molecule has 0 radical (unpaired) electrons. The Morgan fingerprint density at radius 3 is 2.50 bits per heavy atom. The van der Waals surface area contributed by atoms with Crippen molar-refractivity contribution in [3.63, 3.8) is 0 Å². The van der Waals surface area contributed by atoms with Gasteiger partial charge < -0.3 is 5.32 Å². The number of hydrogen-bond acceptors (Lipinski definition) is 5. The minimum absolute atomic E-state index is 0.270. The highest BCUT2D eigenvalue weighted by Crippen LogP contribution is 2.21. The Labute approximate surface area is 145 Å². The molecule has 0 aromatic carbocycles. The first-order chi connectivity index (χ1) is 11.1. The van der Waals surface area contributed by atoms with E-state index in [-0.39, 0.29) is 6.54 Å². The van der Waals surface area contributed by atoms with Crippen molar-refractivity contribution in [3.8, 4) is 5.82 Å². The van der Waals surface area contributed by atoms with Gasteiger partial charge in [-0.05, 0) is 26.0 Å². The molecule has 8 nitrogen and oxygen atoms in total. The molecule has 10 heteroatoms. The molecule has 1 amide bonds. The van der Waals surface area contributed by atoms with Crippen LogP contribution in [0.3, 0.4) is 0 Å². The molecule has 2 aromatic heterocycles.